The molecule has 0 aliphatic rings. The Morgan fingerprint density at radius 3 is 3.08 bits per heavy atom. The fourth-order valence-corrected chi connectivity index (χ4v) is 1.83. The molecule has 0 bridgehead atoms. The molecule has 0 fully saturated rings. The van der Waals surface area contributed by atoms with E-state index < -0.39 is 0 Å². The van der Waals surface area contributed by atoms with Crippen LogP contribution in [0.2, 0.25) is 0 Å². The van der Waals surface area contributed by atoms with Crippen molar-refractivity contribution in [1.29, 1.82) is 0 Å². The van der Waals surface area contributed by atoms with Gasteiger partial charge in [0.1, 0.15) is 0 Å². The maximum atomic E-state index is 5.56. The van der Waals surface area contributed by atoms with Gasteiger partial charge in [-0.15, -0.1) is 11.6 Å². The first-order valence-corrected chi connectivity index (χ1v) is 5.69. The number of thioether (sulfide) groups is 1. The minimum atomic E-state index is 0.670. The van der Waals surface area contributed by atoms with E-state index in [4.69, 9.17) is 16.3 Å². The van der Waals surface area contributed by atoms with Crippen LogP contribution in [-0.4, -0.2) is 23.7 Å². The fourth-order valence-electron chi connectivity index (χ4n) is 0.883. The van der Waals surface area contributed by atoms with E-state index in [-0.39, 0.29) is 0 Å². The molecular weight excluding hydrogens is 206 g/mol. The van der Waals surface area contributed by atoms with Gasteiger partial charge in [-0.05, 0) is 6.07 Å². The highest BCUT2D eigenvalue weighted by molar-refractivity contribution is 7.98. The zero-order valence-corrected chi connectivity index (χ0v) is 9.07. The Morgan fingerprint density at radius 2 is 2.38 bits per heavy atom. The summed E-state index contributed by atoms with van der Waals surface area (Å²) in [6.45, 7) is 0. The normalized spacial score (nSPS) is 10.0. The summed E-state index contributed by atoms with van der Waals surface area (Å²) in [5.74, 6) is 3.21. The van der Waals surface area contributed by atoms with E-state index in [1.807, 2.05) is 18.2 Å². The van der Waals surface area contributed by atoms with Crippen LogP contribution in [0, 0.1) is 0 Å². The summed E-state index contributed by atoms with van der Waals surface area (Å²) in [6.07, 6.45) is 0. The number of hydrogen-bond donors (Lipinski definition) is 0. The van der Waals surface area contributed by atoms with Crippen LogP contribution in [0.5, 0.6) is 5.88 Å². The number of ether oxygens (including phenoxy) is 1. The molecule has 0 aliphatic carbocycles. The smallest absolute Gasteiger partial charge is 0.213 e. The van der Waals surface area contributed by atoms with Gasteiger partial charge in [-0.1, -0.05) is 6.07 Å². The Labute approximate surface area is 87.7 Å². The van der Waals surface area contributed by atoms with Crippen LogP contribution in [-0.2, 0) is 5.75 Å². The van der Waals surface area contributed by atoms with Crippen LogP contribution >= 0.6 is 23.4 Å². The van der Waals surface area contributed by atoms with Crippen molar-refractivity contribution in [2.45, 2.75) is 5.75 Å². The summed E-state index contributed by atoms with van der Waals surface area (Å²) in [5.41, 5.74) is 1.04. The number of rotatable bonds is 5. The number of hydrogen-bond acceptors (Lipinski definition) is 3. The Morgan fingerprint density at radius 1 is 1.54 bits per heavy atom. The maximum absolute atomic E-state index is 5.56. The van der Waals surface area contributed by atoms with Gasteiger partial charge in [0.2, 0.25) is 5.88 Å². The van der Waals surface area contributed by atoms with E-state index in [9.17, 15) is 0 Å². The van der Waals surface area contributed by atoms with E-state index in [0.29, 0.717) is 11.8 Å². The van der Waals surface area contributed by atoms with E-state index in [1.165, 1.54) is 0 Å². The molecule has 13 heavy (non-hydrogen) atoms. The first kappa shape index (κ1) is 10.7. The highest BCUT2D eigenvalue weighted by Gasteiger charge is 1.96. The average molecular weight is 218 g/mol. The molecule has 1 aromatic rings. The van der Waals surface area contributed by atoms with Crippen molar-refractivity contribution < 1.29 is 4.74 Å². The second-order valence-corrected chi connectivity index (χ2v) is 3.90. The Bertz CT molecular complexity index is 257. The first-order valence-electron chi connectivity index (χ1n) is 4.00. The van der Waals surface area contributed by atoms with Gasteiger partial charge in [0.25, 0.3) is 0 Å². The molecule has 0 unspecified atom stereocenters. The molecule has 0 aromatic carbocycles. The maximum Gasteiger partial charge on any atom is 0.213 e. The van der Waals surface area contributed by atoms with Crippen molar-refractivity contribution in [3.8, 4) is 5.88 Å². The van der Waals surface area contributed by atoms with Crippen molar-refractivity contribution in [3.05, 3.63) is 23.9 Å². The second kappa shape index (κ2) is 6.11. The SMILES string of the molecule is COc1cccc(CSCCCl)n1. The van der Waals surface area contributed by atoms with Crippen molar-refractivity contribution in [1.82, 2.24) is 4.98 Å². The van der Waals surface area contributed by atoms with Crippen molar-refractivity contribution in [2.75, 3.05) is 18.7 Å². The topological polar surface area (TPSA) is 22.1 Å². The lowest BCUT2D eigenvalue weighted by Crippen LogP contribution is -1.92. The summed E-state index contributed by atoms with van der Waals surface area (Å²) < 4.78 is 5.01. The number of aromatic nitrogens is 1. The predicted octanol–water partition coefficient (Wildman–Crippen LogP) is 2.56. The Hall–Kier alpha value is -0.410. The molecule has 4 heteroatoms. The molecule has 0 N–H and O–H groups in total. The third-order valence-electron chi connectivity index (χ3n) is 1.46. The molecule has 0 saturated heterocycles. The average Bonchev–Trinajstić information content (AvgIpc) is 2.19. The molecule has 1 rings (SSSR count). The molecule has 2 nitrogen and oxygen atoms in total. The first-order chi connectivity index (χ1) is 6.36. The molecule has 0 amide bonds. The summed E-state index contributed by atoms with van der Waals surface area (Å²) in [7, 11) is 1.62. The van der Waals surface area contributed by atoms with E-state index in [0.717, 1.165) is 17.2 Å². The lowest BCUT2D eigenvalue weighted by atomic mass is 10.4. The van der Waals surface area contributed by atoms with Crippen LogP contribution in [0.1, 0.15) is 5.69 Å². The van der Waals surface area contributed by atoms with E-state index >= 15 is 0 Å². The number of alkyl halides is 1. The molecular formula is C9H12ClNOS. The van der Waals surface area contributed by atoms with Crippen molar-refractivity contribution in [3.63, 3.8) is 0 Å². The molecule has 0 aliphatic heterocycles. The molecule has 0 atom stereocenters. The standard InChI is InChI=1S/C9H12ClNOS/c1-12-9-4-2-3-8(11-9)7-13-6-5-10/h2-4H,5-7H2,1H3. The minimum absolute atomic E-state index is 0.670. The van der Waals surface area contributed by atoms with Gasteiger partial charge >= 0.3 is 0 Å². The second-order valence-electron chi connectivity index (χ2n) is 2.41. The van der Waals surface area contributed by atoms with E-state index in [1.54, 1.807) is 18.9 Å². The molecule has 1 aromatic heterocycles. The number of pyridine rings is 1. The molecule has 1 heterocycles. The van der Waals surface area contributed by atoms with Gasteiger partial charge < -0.3 is 4.74 Å². The summed E-state index contributed by atoms with van der Waals surface area (Å²) in [4.78, 5) is 4.28. The molecule has 0 radical (unpaired) electrons. The van der Waals surface area contributed by atoms with Crippen LogP contribution in [0.15, 0.2) is 18.2 Å². The highest BCUT2D eigenvalue weighted by atomic mass is 35.5. The molecule has 72 valence electrons. The molecule has 0 spiro atoms. The van der Waals surface area contributed by atoms with Gasteiger partial charge in [0.15, 0.2) is 0 Å². The third kappa shape index (κ3) is 3.87. The van der Waals surface area contributed by atoms with Crippen molar-refractivity contribution >= 4 is 23.4 Å². The number of nitrogens with zero attached hydrogens (tertiary/aromatic N) is 1. The van der Waals surface area contributed by atoms with Gasteiger partial charge in [-0.25, -0.2) is 4.98 Å². The van der Waals surface area contributed by atoms with Crippen LogP contribution in [0.4, 0.5) is 0 Å². The van der Waals surface area contributed by atoms with Gasteiger partial charge in [-0.2, -0.15) is 11.8 Å². The van der Waals surface area contributed by atoms with Crippen LogP contribution in [0.3, 0.4) is 0 Å². The summed E-state index contributed by atoms with van der Waals surface area (Å²) in [5, 5.41) is 0. The van der Waals surface area contributed by atoms with E-state index in [2.05, 4.69) is 4.98 Å². The number of halogens is 1. The fraction of sp³-hybridized carbons (Fsp3) is 0.444. The van der Waals surface area contributed by atoms with Gasteiger partial charge in [0, 0.05) is 23.5 Å². The summed E-state index contributed by atoms with van der Waals surface area (Å²) >= 11 is 7.34. The summed E-state index contributed by atoms with van der Waals surface area (Å²) in [6, 6.07) is 5.78. The zero-order chi connectivity index (χ0) is 9.52. The highest BCUT2D eigenvalue weighted by Crippen LogP contribution is 2.13. The van der Waals surface area contributed by atoms with Gasteiger partial charge in [-0.3, -0.25) is 0 Å². The molecule has 0 saturated carbocycles. The minimum Gasteiger partial charge on any atom is -0.481 e. The monoisotopic (exact) mass is 217 g/mol. The Balaban J connectivity index is 2.46. The lowest BCUT2D eigenvalue weighted by molar-refractivity contribution is 0.397. The van der Waals surface area contributed by atoms with Crippen LogP contribution < -0.4 is 4.74 Å². The quantitative estimate of drug-likeness (QED) is 0.559. The van der Waals surface area contributed by atoms with Gasteiger partial charge in [0.05, 0.1) is 12.8 Å². The largest absolute Gasteiger partial charge is 0.481 e. The van der Waals surface area contributed by atoms with Crippen molar-refractivity contribution in [2.24, 2.45) is 0 Å². The third-order valence-corrected chi connectivity index (χ3v) is 2.87. The predicted molar refractivity (Wildman–Crippen MR) is 57.7 cm³/mol. The lowest BCUT2D eigenvalue weighted by Gasteiger charge is -2.02. The van der Waals surface area contributed by atoms with Crippen LogP contribution in [0.25, 0.3) is 0 Å². The Kier molecular flexibility index (Phi) is 5.01. The zero-order valence-electron chi connectivity index (χ0n) is 7.50. The number of methoxy groups -OCH3 is 1.